The molecule has 0 fully saturated rings. The first-order chi connectivity index (χ1) is 7.29. The summed E-state index contributed by atoms with van der Waals surface area (Å²) in [6.07, 6.45) is -4.65. The number of carbonyl (C=O) groups excluding carboxylic acids is 1. The highest BCUT2D eigenvalue weighted by atomic mass is 79.9. The molecule has 0 saturated heterocycles. The van der Waals surface area contributed by atoms with Crippen LogP contribution in [-0.4, -0.2) is 5.78 Å². The number of rotatable bonds is 1. The van der Waals surface area contributed by atoms with Gasteiger partial charge in [-0.05, 0) is 35.0 Å². The van der Waals surface area contributed by atoms with Crippen molar-refractivity contribution in [3.8, 4) is 6.07 Å². The highest BCUT2D eigenvalue weighted by Gasteiger charge is 2.36. The third kappa shape index (κ3) is 2.25. The van der Waals surface area contributed by atoms with Crippen molar-refractivity contribution in [1.29, 1.82) is 5.26 Å². The van der Waals surface area contributed by atoms with Crippen LogP contribution in [0.5, 0.6) is 0 Å². The summed E-state index contributed by atoms with van der Waals surface area (Å²) in [4.78, 5) is 11.2. The zero-order valence-corrected chi connectivity index (χ0v) is 9.61. The van der Waals surface area contributed by atoms with Gasteiger partial charge in [0.25, 0.3) is 0 Å². The number of hydrogen-bond donors (Lipinski definition) is 0. The molecule has 1 rings (SSSR count). The second-order valence-corrected chi connectivity index (χ2v) is 3.87. The lowest BCUT2D eigenvalue weighted by atomic mass is 9.98. The Morgan fingerprint density at radius 1 is 1.44 bits per heavy atom. The van der Waals surface area contributed by atoms with E-state index in [0.717, 1.165) is 19.1 Å². The van der Waals surface area contributed by atoms with Crippen LogP contribution in [0, 0.1) is 11.3 Å². The largest absolute Gasteiger partial charge is 0.417 e. The number of nitrogens with zero attached hydrogens (tertiary/aromatic N) is 1. The first kappa shape index (κ1) is 12.7. The van der Waals surface area contributed by atoms with E-state index in [4.69, 9.17) is 5.26 Å². The summed E-state index contributed by atoms with van der Waals surface area (Å²) in [6.45, 7) is 0.998. The predicted molar refractivity (Wildman–Crippen MR) is 53.9 cm³/mol. The third-order valence-electron chi connectivity index (χ3n) is 1.92. The van der Waals surface area contributed by atoms with E-state index in [-0.39, 0.29) is 10.0 Å². The van der Waals surface area contributed by atoms with Gasteiger partial charge >= 0.3 is 6.18 Å². The van der Waals surface area contributed by atoms with Crippen LogP contribution in [-0.2, 0) is 6.18 Å². The van der Waals surface area contributed by atoms with Crippen LogP contribution in [0.1, 0.15) is 28.4 Å². The van der Waals surface area contributed by atoms with Gasteiger partial charge in [0.05, 0.1) is 11.1 Å². The zero-order valence-electron chi connectivity index (χ0n) is 8.02. The molecule has 0 bridgehead atoms. The van der Waals surface area contributed by atoms with Crippen molar-refractivity contribution in [3.63, 3.8) is 0 Å². The number of halogens is 4. The van der Waals surface area contributed by atoms with Crippen LogP contribution in [0.3, 0.4) is 0 Å². The number of ketones is 1. The van der Waals surface area contributed by atoms with Gasteiger partial charge in [0.1, 0.15) is 6.07 Å². The number of Topliss-reactive ketones (excluding diaryl/α,β-unsaturated/α-hetero) is 1. The van der Waals surface area contributed by atoms with Crippen molar-refractivity contribution < 1.29 is 18.0 Å². The van der Waals surface area contributed by atoms with Crippen molar-refractivity contribution in [2.45, 2.75) is 13.1 Å². The Kier molecular flexibility index (Phi) is 3.38. The van der Waals surface area contributed by atoms with Gasteiger partial charge in [0, 0.05) is 10.0 Å². The molecule has 0 aliphatic carbocycles. The molecule has 0 aromatic heterocycles. The number of alkyl halides is 3. The molecule has 0 aliphatic rings. The molecule has 0 heterocycles. The zero-order chi connectivity index (χ0) is 12.5. The first-order valence-electron chi connectivity index (χ1n) is 4.09. The standard InChI is InChI=1S/C10H5BrF3NO/c1-5(16)9-6(4-15)8(11)3-2-7(9)10(12,13)14/h2-3H,1H3. The van der Waals surface area contributed by atoms with Crippen LogP contribution in [0.2, 0.25) is 0 Å². The van der Waals surface area contributed by atoms with Crippen LogP contribution in [0.4, 0.5) is 13.2 Å². The molecule has 16 heavy (non-hydrogen) atoms. The van der Waals surface area contributed by atoms with Gasteiger partial charge in [-0.15, -0.1) is 0 Å². The molecule has 84 valence electrons. The van der Waals surface area contributed by atoms with E-state index in [2.05, 4.69) is 15.9 Å². The molecular weight excluding hydrogens is 287 g/mol. The summed E-state index contributed by atoms with van der Waals surface area (Å²) in [7, 11) is 0. The van der Waals surface area contributed by atoms with E-state index < -0.39 is 23.1 Å². The lowest BCUT2D eigenvalue weighted by molar-refractivity contribution is -0.137. The smallest absolute Gasteiger partial charge is 0.294 e. The average molecular weight is 292 g/mol. The summed E-state index contributed by atoms with van der Waals surface area (Å²) >= 11 is 2.93. The molecule has 0 aliphatic heterocycles. The normalized spacial score (nSPS) is 11.0. The quantitative estimate of drug-likeness (QED) is 0.743. The Hall–Kier alpha value is -1.35. The molecule has 2 nitrogen and oxygen atoms in total. The summed E-state index contributed by atoms with van der Waals surface area (Å²) in [6, 6.07) is 3.47. The predicted octanol–water partition coefficient (Wildman–Crippen LogP) is 3.54. The Balaban J connectivity index is 3.67. The fourth-order valence-corrected chi connectivity index (χ4v) is 1.71. The van der Waals surface area contributed by atoms with Gasteiger partial charge in [-0.25, -0.2) is 0 Å². The summed E-state index contributed by atoms with van der Waals surface area (Å²) in [5, 5.41) is 8.74. The minimum atomic E-state index is -4.65. The van der Waals surface area contributed by atoms with Crippen molar-refractivity contribution in [2.75, 3.05) is 0 Å². The summed E-state index contributed by atoms with van der Waals surface area (Å²) in [5.41, 5.74) is -1.97. The SMILES string of the molecule is CC(=O)c1c(C(F)(F)F)ccc(Br)c1C#N. The van der Waals surface area contributed by atoms with Crippen molar-refractivity contribution >= 4 is 21.7 Å². The lowest BCUT2D eigenvalue weighted by Crippen LogP contribution is -2.13. The molecule has 6 heteroatoms. The second kappa shape index (κ2) is 4.26. The van der Waals surface area contributed by atoms with Gasteiger partial charge < -0.3 is 0 Å². The topological polar surface area (TPSA) is 40.9 Å². The maximum Gasteiger partial charge on any atom is 0.417 e. The molecular formula is C10H5BrF3NO. The fourth-order valence-electron chi connectivity index (χ4n) is 1.29. The minimum Gasteiger partial charge on any atom is -0.294 e. The van der Waals surface area contributed by atoms with E-state index in [1.165, 1.54) is 0 Å². The van der Waals surface area contributed by atoms with Gasteiger partial charge in [-0.1, -0.05) is 0 Å². The average Bonchev–Trinajstić information content (AvgIpc) is 2.14. The monoisotopic (exact) mass is 291 g/mol. The molecule has 0 N–H and O–H groups in total. The molecule has 0 atom stereocenters. The number of nitriles is 1. The number of hydrogen-bond acceptors (Lipinski definition) is 2. The molecule has 0 unspecified atom stereocenters. The van der Waals surface area contributed by atoms with Crippen LogP contribution in [0.15, 0.2) is 16.6 Å². The van der Waals surface area contributed by atoms with Crippen molar-refractivity contribution in [1.82, 2.24) is 0 Å². The molecule has 0 spiro atoms. The highest BCUT2D eigenvalue weighted by Crippen LogP contribution is 2.35. The highest BCUT2D eigenvalue weighted by molar-refractivity contribution is 9.10. The Labute approximate surface area is 97.8 Å². The summed E-state index contributed by atoms with van der Waals surface area (Å²) < 4.78 is 37.9. The number of carbonyl (C=O) groups is 1. The summed E-state index contributed by atoms with van der Waals surface area (Å²) in [5.74, 6) is -0.787. The van der Waals surface area contributed by atoms with E-state index in [1.807, 2.05) is 0 Å². The minimum absolute atomic E-state index is 0.174. The van der Waals surface area contributed by atoms with Crippen molar-refractivity contribution in [3.05, 3.63) is 33.3 Å². The van der Waals surface area contributed by atoms with Gasteiger partial charge in [0.15, 0.2) is 5.78 Å². The van der Waals surface area contributed by atoms with Gasteiger partial charge in [-0.3, -0.25) is 4.79 Å². The maximum absolute atomic E-state index is 12.6. The Morgan fingerprint density at radius 2 is 2.00 bits per heavy atom. The molecule has 1 aromatic carbocycles. The van der Waals surface area contributed by atoms with Crippen LogP contribution in [0.25, 0.3) is 0 Å². The molecule has 0 amide bonds. The molecule has 1 aromatic rings. The molecule has 0 saturated carbocycles. The Morgan fingerprint density at radius 3 is 2.38 bits per heavy atom. The van der Waals surface area contributed by atoms with Crippen LogP contribution < -0.4 is 0 Å². The van der Waals surface area contributed by atoms with Crippen molar-refractivity contribution in [2.24, 2.45) is 0 Å². The second-order valence-electron chi connectivity index (χ2n) is 3.01. The van der Waals surface area contributed by atoms with E-state index in [0.29, 0.717) is 0 Å². The lowest BCUT2D eigenvalue weighted by Gasteiger charge is -2.12. The fraction of sp³-hybridized carbons (Fsp3) is 0.200. The Bertz CT molecular complexity index is 488. The van der Waals surface area contributed by atoms with Crippen LogP contribution >= 0.6 is 15.9 Å². The maximum atomic E-state index is 12.6. The van der Waals surface area contributed by atoms with E-state index in [1.54, 1.807) is 6.07 Å². The third-order valence-corrected chi connectivity index (χ3v) is 2.58. The van der Waals surface area contributed by atoms with Gasteiger partial charge in [-0.2, -0.15) is 18.4 Å². The van der Waals surface area contributed by atoms with E-state index >= 15 is 0 Å². The number of benzene rings is 1. The molecule has 0 radical (unpaired) electrons. The van der Waals surface area contributed by atoms with E-state index in [9.17, 15) is 18.0 Å². The first-order valence-corrected chi connectivity index (χ1v) is 4.89. The van der Waals surface area contributed by atoms with Gasteiger partial charge in [0.2, 0.25) is 0 Å².